The SMILES string of the molecule is CCC1(C)CC(=O)N(C/C=C(/C)CCC(=O)O)C(=O)C1. The second kappa shape index (κ2) is 6.68. The van der Waals surface area contributed by atoms with E-state index in [0.29, 0.717) is 19.3 Å². The van der Waals surface area contributed by atoms with Gasteiger partial charge in [-0.25, -0.2) is 0 Å². The van der Waals surface area contributed by atoms with Crippen LogP contribution in [0.15, 0.2) is 11.6 Å². The molecule has 1 heterocycles. The molecule has 0 aromatic rings. The molecule has 0 saturated carbocycles. The quantitative estimate of drug-likeness (QED) is 0.599. The van der Waals surface area contributed by atoms with Gasteiger partial charge in [0.05, 0.1) is 0 Å². The highest BCUT2D eigenvalue weighted by Crippen LogP contribution is 2.35. The highest BCUT2D eigenvalue weighted by Gasteiger charge is 2.38. The smallest absolute Gasteiger partial charge is 0.303 e. The number of nitrogens with zero attached hydrogens (tertiary/aromatic N) is 1. The minimum Gasteiger partial charge on any atom is -0.481 e. The fourth-order valence-corrected chi connectivity index (χ4v) is 2.23. The van der Waals surface area contributed by atoms with Crippen molar-refractivity contribution in [2.75, 3.05) is 6.54 Å². The molecule has 1 saturated heterocycles. The summed E-state index contributed by atoms with van der Waals surface area (Å²) in [7, 11) is 0. The van der Waals surface area contributed by atoms with Gasteiger partial charge < -0.3 is 5.11 Å². The average molecular weight is 281 g/mol. The summed E-state index contributed by atoms with van der Waals surface area (Å²) in [5.74, 6) is -1.11. The molecule has 0 atom stereocenters. The Balaban J connectivity index is 2.60. The normalized spacial score (nSPS) is 19.4. The molecule has 5 heteroatoms. The van der Waals surface area contributed by atoms with Gasteiger partial charge in [-0.1, -0.05) is 25.5 Å². The van der Waals surface area contributed by atoms with Crippen molar-refractivity contribution in [3.8, 4) is 0 Å². The Hall–Kier alpha value is -1.65. The van der Waals surface area contributed by atoms with Gasteiger partial charge >= 0.3 is 5.97 Å². The largest absolute Gasteiger partial charge is 0.481 e. The van der Waals surface area contributed by atoms with E-state index in [1.807, 2.05) is 20.8 Å². The summed E-state index contributed by atoms with van der Waals surface area (Å²) in [6, 6.07) is 0. The molecular weight excluding hydrogens is 258 g/mol. The Morgan fingerprint density at radius 3 is 2.30 bits per heavy atom. The molecule has 0 aromatic heterocycles. The lowest BCUT2D eigenvalue weighted by atomic mass is 9.77. The molecular formula is C15H23NO4. The number of allylic oxidation sites excluding steroid dienone is 1. The van der Waals surface area contributed by atoms with Crippen LogP contribution in [0.5, 0.6) is 0 Å². The van der Waals surface area contributed by atoms with Crippen molar-refractivity contribution in [1.29, 1.82) is 0 Å². The van der Waals surface area contributed by atoms with E-state index < -0.39 is 5.97 Å². The van der Waals surface area contributed by atoms with Crippen LogP contribution in [0.3, 0.4) is 0 Å². The Morgan fingerprint density at radius 1 is 1.30 bits per heavy atom. The molecule has 1 aliphatic heterocycles. The second-order valence-corrected chi connectivity index (χ2v) is 5.86. The van der Waals surface area contributed by atoms with Crippen molar-refractivity contribution in [1.82, 2.24) is 4.90 Å². The van der Waals surface area contributed by atoms with E-state index in [1.54, 1.807) is 6.08 Å². The molecule has 2 amide bonds. The molecule has 0 aromatic carbocycles. The maximum Gasteiger partial charge on any atom is 0.303 e. The first-order chi connectivity index (χ1) is 9.27. The van der Waals surface area contributed by atoms with Crippen molar-refractivity contribution in [2.24, 2.45) is 5.41 Å². The number of carbonyl (C=O) groups excluding carboxylic acids is 2. The summed E-state index contributed by atoms with van der Waals surface area (Å²) in [6.07, 6.45) is 3.89. The molecule has 1 aliphatic rings. The third kappa shape index (κ3) is 4.47. The fourth-order valence-electron chi connectivity index (χ4n) is 2.23. The van der Waals surface area contributed by atoms with Crippen LogP contribution in [-0.2, 0) is 14.4 Å². The first-order valence-corrected chi connectivity index (χ1v) is 6.98. The number of carbonyl (C=O) groups is 3. The number of hydrogen-bond donors (Lipinski definition) is 1. The highest BCUT2D eigenvalue weighted by atomic mass is 16.4. The van der Waals surface area contributed by atoms with E-state index in [9.17, 15) is 14.4 Å². The standard InChI is InChI=1S/C15H23NO4/c1-4-15(3)9-12(17)16(13(18)10-15)8-7-11(2)5-6-14(19)20/h7H,4-6,8-10H2,1-3H3,(H,19,20)/b11-7-. The first-order valence-electron chi connectivity index (χ1n) is 6.98. The molecule has 0 unspecified atom stereocenters. The van der Waals surface area contributed by atoms with Gasteiger partial charge in [-0.15, -0.1) is 0 Å². The minimum absolute atomic E-state index is 0.0676. The molecule has 0 spiro atoms. The zero-order chi connectivity index (χ0) is 15.3. The summed E-state index contributed by atoms with van der Waals surface area (Å²) in [4.78, 5) is 35.8. The van der Waals surface area contributed by atoms with Gasteiger partial charge in [-0.2, -0.15) is 0 Å². The summed E-state index contributed by atoms with van der Waals surface area (Å²) in [5, 5.41) is 8.60. The Bertz CT molecular complexity index is 421. The Labute approximate surface area is 119 Å². The highest BCUT2D eigenvalue weighted by molar-refractivity contribution is 5.98. The molecule has 0 radical (unpaired) electrons. The van der Waals surface area contributed by atoms with Crippen molar-refractivity contribution >= 4 is 17.8 Å². The molecule has 0 aliphatic carbocycles. The average Bonchev–Trinajstić information content (AvgIpc) is 2.35. The number of rotatable bonds is 6. The number of aliphatic carboxylic acids is 1. The van der Waals surface area contributed by atoms with Crippen LogP contribution in [-0.4, -0.2) is 34.3 Å². The molecule has 20 heavy (non-hydrogen) atoms. The molecule has 1 fully saturated rings. The van der Waals surface area contributed by atoms with Gasteiger partial charge in [0, 0.05) is 25.8 Å². The van der Waals surface area contributed by atoms with Crippen LogP contribution < -0.4 is 0 Å². The number of likely N-dealkylation sites (tertiary alicyclic amines) is 1. The summed E-state index contributed by atoms with van der Waals surface area (Å²) < 4.78 is 0. The lowest BCUT2D eigenvalue weighted by Gasteiger charge is -2.36. The number of carboxylic acids is 1. The maximum atomic E-state index is 12.0. The van der Waals surface area contributed by atoms with Crippen molar-refractivity contribution in [3.05, 3.63) is 11.6 Å². The second-order valence-electron chi connectivity index (χ2n) is 5.86. The molecule has 5 nitrogen and oxygen atoms in total. The molecule has 0 bridgehead atoms. The van der Waals surface area contributed by atoms with Gasteiger partial charge in [0.2, 0.25) is 11.8 Å². The van der Waals surface area contributed by atoms with E-state index in [-0.39, 0.29) is 30.2 Å². The van der Waals surface area contributed by atoms with Gasteiger partial charge in [0.25, 0.3) is 0 Å². The summed E-state index contributed by atoms with van der Waals surface area (Å²) in [5.41, 5.74) is 0.670. The van der Waals surface area contributed by atoms with Crippen LogP contribution in [0.2, 0.25) is 0 Å². The summed E-state index contributed by atoms with van der Waals surface area (Å²) in [6.45, 7) is 6.03. The van der Waals surface area contributed by atoms with E-state index in [1.165, 1.54) is 4.90 Å². The van der Waals surface area contributed by atoms with Gasteiger partial charge in [-0.3, -0.25) is 19.3 Å². The van der Waals surface area contributed by atoms with Crippen molar-refractivity contribution in [3.63, 3.8) is 0 Å². The van der Waals surface area contributed by atoms with Gasteiger partial charge in [-0.05, 0) is 25.2 Å². The summed E-state index contributed by atoms with van der Waals surface area (Å²) >= 11 is 0. The minimum atomic E-state index is -0.846. The first kappa shape index (κ1) is 16.4. The number of carboxylic acid groups (broad SMARTS) is 1. The van der Waals surface area contributed by atoms with Crippen molar-refractivity contribution in [2.45, 2.75) is 52.9 Å². The Kier molecular flexibility index (Phi) is 5.48. The topological polar surface area (TPSA) is 74.7 Å². The van der Waals surface area contributed by atoms with Crippen molar-refractivity contribution < 1.29 is 19.5 Å². The van der Waals surface area contributed by atoms with Crippen LogP contribution in [0.4, 0.5) is 0 Å². The van der Waals surface area contributed by atoms with E-state index in [2.05, 4.69) is 0 Å². The number of piperidine rings is 1. The Morgan fingerprint density at radius 2 is 1.85 bits per heavy atom. The number of imide groups is 1. The van der Waals surface area contributed by atoms with Crippen LogP contribution in [0.25, 0.3) is 0 Å². The number of amides is 2. The number of hydrogen-bond acceptors (Lipinski definition) is 3. The monoisotopic (exact) mass is 281 g/mol. The predicted molar refractivity (Wildman–Crippen MR) is 75.0 cm³/mol. The van der Waals surface area contributed by atoms with E-state index in [4.69, 9.17) is 5.11 Å². The third-order valence-corrected chi connectivity index (χ3v) is 3.97. The molecule has 1 rings (SSSR count). The lowest BCUT2D eigenvalue weighted by Crippen LogP contribution is -2.46. The third-order valence-electron chi connectivity index (χ3n) is 3.97. The van der Waals surface area contributed by atoms with Crippen LogP contribution >= 0.6 is 0 Å². The lowest BCUT2D eigenvalue weighted by molar-refractivity contribution is -0.152. The zero-order valence-corrected chi connectivity index (χ0v) is 12.4. The van der Waals surface area contributed by atoms with E-state index >= 15 is 0 Å². The zero-order valence-electron chi connectivity index (χ0n) is 12.4. The maximum absolute atomic E-state index is 12.0. The molecule has 112 valence electrons. The van der Waals surface area contributed by atoms with Gasteiger partial charge in [0.15, 0.2) is 0 Å². The van der Waals surface area contributed by atoms with Gasteiger partial charge in [0.1, 0.15) is 0 Å². The van der Waals surface area contributed by atoms with Crippen LogP contribution in [0.1, 0.15) is 52.9 Å². The van der Waals surface area contributed by atoms with E-state index in [0.717, 1.165) is 12.0 Å². The molecule has 1 N–H and O–H groups in total. The van der Waals surface area contributed by atoms with Crippen LogP contribution in [0, 0.1) is 5.41 Å². The predicted octanol–water partition coefficient (Wildman–Crippen LogP) is 2.36. The fraction of sp³-hybridized carbons (Fsp3) is 0.667.